The largest absolute Gasteiger partial charge is 0.494 e. The van der Waals surface area contributed by atoms with E-state index in [1.807, 2.05) is 25.1 Å². The Hall–Kier alpha value is -1.59. The molecule has 2 heterocycles. The SMILES string of the molecule is CCOc1ccccc1C(C(=O)N1CCCCC1)N1CCNCC1. The van der Waals surface area contributed by atoms with Gasteiger partial charge >= 0.3 is 0 Å². The molecule has 0 spiro atoms. The van der Waals surface area contributed by atoms with Crippen molar-refractivity contribution in [2.24, 2.45) is 0 Å². The van der Waals surface area contributed by atoms with Gasteiger partial charge < -0.3 is 15.0 Å². The van der Waals surface area contributed by atoms with Crippen LogP contribution in [0.3, 0.4) is 0 Å². The first-order chi connectivity index (χ1) is 11.8. The monoisotopic (exact) mass is 331 g/mol. The van der Waals surface area contributed by atoms with Gasteiger partial charge in [0.1, 0.15) is 11.8 Å². The predicted molar refractivity (Wildman–Crippen MR) is 95.2 cm³/mol. The summed E-state index contributed by atoms with van der Waals surface area (Å²) in [5, 5.41) is 3.38. The fraction of sp³-hybridized carbons (Fsp3) is 0.632. The van der Waals surface area contributed by atoms with Gasteiger partial charge in [0.25, 0.3) is 0 Å². The molecule has 1 N–H and O–H groups in total. The average molecular weight is 331 g/mol. The highest BCUT2D eigenvalue weighted by molar-refractivity contribution is 5.84. The molecule has 1 unspecified atom stereocenters. The lowest BCUT2D eigenvalue weighted by Crippen LogP contribution is -2.51. The van der Waals surface area contributed by atoms with Crippen LogP contribution in [0.15, 0.2) is 24.3 Å². The predicted octanol–water partition coefficient (Wildman–Crippen LogP) is 2.04. The topological polar surface area (TPSA) is 44.8 Å². The zero-order valence-electron chi connectivity index (χ0n) is 14.7. The average Bonchev–Trinajstić information content (AvgIpc) is 2.65. The summed E-state index contributed by atoms with van der Waals surface area (Å²) in [5.74, 6) is 1.08. The minimum Gasteiger partial charge on any atom is -0.494 e. The van der Waals surface area contributed by atoms with E-state index in [-0.39, 0.29) is 11.9 Å². The Morgan fingerprint density at radius 3 is 2.54 bits per heavy atom. The number of ether oxygens (including phenoxy) is 1. The van der Waals surface area contributed by atoms with Gasteiger partial charge in [-0.25, -0.2) is 0 Å². The molecule has 2 saturated heterocycles. The maximum Gasteiger partial charge on any atom is 0.244 e. The van der Waals surface area contributed by atoms with E-state index in [0.29, 0.717) is 6.61 Å². The number of piperazine rings is 1. The number of hydrogen-bond acceptors (Lipinski definition) is 4. The van der Waals surface area contributed by atoms with Crippen LogP contribution in [0.2, 0.25) is 0 Å². The van der Waals surface area contributed by atoms with Crippen LogP contribution in [0.25, 0.3) is 0 Å². The van der Waals surface area contributed by atoms with E-state index in [1.54, 1.807) is 0 Å². The van der Waals surface area contributed by atoms with Crippen LogP contribution >= 0.6 is 0 Å². The zero-order valence-corrected chi connectivity index (χ0v) is 14.7. The van der Waals surface area contributed by atoms with Gasteiger partial charge in [-0.1, -0.05) is 18.2 Å². The summed E-state index contributed by atoms with van der Waals surface area (Å²) in [7, 11) is 0. The summed E-state index contributed by atoms with van der Waals surface area (Å²) in [6.45, 7) is 8.03. The number of nitrogens with one attached hydrogen (secondary N) is 1. The molecule has 0 radical (unpaired) electrons. The third-order valence-corrected chi connectivity index (χ3v) is 4.93. The lowest BCUT2D eigenvalue weighted by Gasteiger charge is -2.38. The van der Waals surface area contributed by atoms with Crippen molar-refractivity contribution in [3.05, 3.63) is 29.8 Å². The number of amides is 1. The summed E-state index contributed by atoms with van der Waals surface area (Å²) < 4.78 is 5.83. The number of likely N-dealkylation sites (tertiary alicyclic amines) is 1. The minimum atomic E-state index is -0.229. The molecule has 5 nitrogen and oxygen atoms in total. The van der Waals surface area contributed by atoms with Gasteiger partial charge in [-0.05, 0) is 32.3 Å². The van der Waals surface area contributed by atoms with Crippen molar-refractivity contribution in [1.29, 1.82) is 0 Å². The number of benzene rings is 1. The van der Waals surface area contributed by atoms with Gasteiger partial charge in [-0.3, -0.25) is 9.69 Å². The molecule has 2 aliphatic heterocycles. The van der Waals surface area contributed by atoms with Crippen molar-refractivity contribution in [3.8, 4) is 5.75 Å². The maximum atomic E-state index is 13.4. The molecule has 0 bridgehead atoms. The van der Waals surface area contributed by atoms with E-state index < -0.39 is 0 Å². The molecule has 2 fully saturated rings. The number of piperidine rings is 1. The standard InChI is InChI=1S/C19H29N3O2/c1-2-24-17-9-5-4-8-16(17)18(21-14-10-20-11-15-21)19(23)22-12-6-3-7-13-22/h4-5,8-9,18,20H,2-3,6-7,10-15H2,1H3. The summed E-state index contributed by atoms with van der Waals surface area (Å²) in [4.78, 5) is 17.7. The normalized spacial score (nSPS) is 20.6. The molecule has 1 atom stereocenters. The van der Waals surface area contributed by atoms with E-state index in [1.165, 1.54) is 6.42 Å². The molecule has 24 heavy (non-hydrogen) atoms. The molecule has 0 saturated carbocycles. The maximum absolute atomic E-state index is 13.4. The van der Waals surface area contributed by atoms with Crippen LogP contribution in [0.4, 0.5) is 0 Å². The van der Waals surface area contributed by atoms with Crippen LogP contribution in [-0.2, 0) is 4.79 Å². The number of nitrogens with zero attached hydrogens (tertiary/aromatic N) is 2. The molecule has 1 aromatic carbocycles. The molecule has 1 aromatic rings. The molecule has 0 aromatic heterocycles. The van der Waals surface area contributed by atoms with E-state index in [0.717, 1.165) is 63.4 Å². The minimum absolute atomic E-state index is 0.229. The number of carbonyl (C=O) groups is 1. The first kappa shape index (κ1) is 17.2. The molecule has 0 aliphatic carbocycles. The van der Waals surface area contributed by atoms with E-state index in [2.05, 4.69) is 21.2 Å². The fourth-order valence-electron chi connectivity index (χ4n) is 3.71. The van der Waals surface area contributed by atoms with Gasteiger partial charge in [0.05, 0.1) is 6.61 Å². The fourth-order valence-corrected chi connectivity index (χ4v) is 3.71. The summed E-state index contributed by atoms with van der Waals surface area (Å²) >= 11 is 0. The van der Waals surface area contributed by atoms with Gasteiger partial charge in [-0.15, -0.1) is 0 Å². The quantitative estimate of drug-likeness (QED) is 0.897. The first-order valence-corrected chi connectivity index (χ1v) is 9.26. The first-order valence-electron chi connectivity index (χ1n) is 9.26. The Morgan fingerprint density at radius 2 is 1.83 bits per heavy atom. The molecular formula is C19H29N3O2. The second-order valence-electron chi connectivity index (χ2n) is 6.55. The Balaban J connectivity index is 1.90. The van der Waals surface area contributed by atoms with Gasteiger partial charge in [-0.2, -0.15) is 0 Å². The van der Waals surface area contributed by atoms with Crippen LogP contribution < -0.4 is 10.1 Å². The number of hydrogen-bond donors (Lipinski definition) is 1. The molecule has 3 rings (SSSR count). The lowest BCUT2D eigenvalue weighted by molar-refractivity contribution is -0.138. The van der Waals surface area contributed by atoms with Crippen LogP contribution in [0.1, 0.15) is 37.8 Å². The zero-order chi connectivity index (χ0) is 16.8. The third-order valence-electron chi connectivity index (χ3n) is 4.93. The van der Waals surface area contributed by atoms with Crippen LogP contribution in [-0.4, -0.2) is 61.6 Å². The van der Waals surface area contributed by atoms with Crippen LogP contribution in [0.5, 0.6) is 5.75 Å². The second kappa shape index (κ2) is 8.49. The summed E-state index contributed by atoms with van der Waals surface area (Å²) in [6, 6.07) is 7.80. The molecule has 1 amide bonds. The van der Waals surface area contributed by atoms with Gasteiger partial charge in [0.2, 0.25) is 5.91 Å². The van der Waals surface area contributed by atoms with Crippen molar-refractivity contribution < 1.29 is 9.53 Å². The van der Waals surface area contributed by atoms with E-state index in [9.17, 15) is 4.79 Å². The molecule has 5 heteroatoms. The number of para-hydroxylation sites is 1. The highest BCUT2D eigenvalue weighted by Gasteiger charge is 2.34. The molecular weight excluding hydrogens is 302 g/mol. The Kier molecular flexibility index (Phi) is 6.10. The molecule has 132 valence electrons. The Morgan fingerprint density at radius 1 is 1.12 bits per heavy atom. The summed E-state index contributed by atoms with van der Waals surface area (Å²) in [6.07, 6.45) is 3.47. The highest BCUT2D eigenvalue weighted by Crippen LogP contribution is 2.32. The Bertz CT molecular complexity index is 537. The third kappa shape index (κ3) is 3.90. The van der Waals surface area contributed by atoms with Crippen LogP contribution in [0, 0.1) is 0 Å². The number of rotatable bonds is 5. The van der Waals surface area contributed by atoms with Crippen molar-refractivity contribution in [3.63, 3.8) is 0 Å². The highest BCUT2D eigenvalue weighted by atomic mass is 16.5. The van der Waals surface area contributed by atoms with Crippen molar-refractivity contribution >= 4 is 5.91 Å². The second-order valence-corrected chi connectivity index (χ2v) is 6.55. The number of carbonyl (C=O) groups excluding carboxylic acids is 1. The molecule has 2 aliphatic rings. The Labute approximate surface area is 145 Å². The van der Waals surface area contributed by atoms with E-state index in [4.69, 9.17) is 4.74 Å². The van der Waals surface area contributed by atoms with Gasteiger partial charge in [0, 0.05) is 44.8 Å². The lowest BCUT2D eigenvalue weighted by atomic mass is 10.00. The van der Waals surface area contributed by atoms with Crippen molar-refractivity contribution in [2.75, 3.05) is 45.9 Å². The summed E-state index contributed by atoms with van der Waals surface area (Å²) in [5.41, 5.74) is 1.01. The van der Waals surface area contributed by atoms with Crippen molar-refractivity contribution in [1.82, 2.24) is 15.1 Å². The smallest absolute Gasteiger partial charge is 0.244 e. The van der Waals surface area contributed by atoms with E-state index >= 15 is 0 Å². The van der Waals surface area contributed by atoms with Gasteiger partial charge in [0.15, 0.2) is 0 Å². The van der Waals surface area contributed by atoms with Crippen molar-refractivity contribution in [2.45, 2.75) is 32.2 Å².